The molecule has 6 heteroatoms. The van der Waals surface area contributed by atoms with Crippen LogP contribution in [0, 0.1) is 0 Å². The largest absolute Gasteiger partial charge is 0.496 e. The highest BCUT2D eigenvalue weighted by Crippen LogP contribution is 2.27. The van der Waals surface area contributed by atoms with Gasteiger partial charge in [-0.1, -0.05) is 19.1 Å². The summed E-state index contributed by atoms with van der Waals surface area (Å²) in [5, 5.41) is 10.5. The van der Waals surface area contributed by atoms with Crippen molar-refractivity contribution in [1.29, 1.82) is 0 Å². The lowest BCUT2D eigenvalue weighted by molar-refractivity contribution is 0.0925. The number of aryl methyl sites for hydroxylation is 1. The molecule has 26 heavy (non-hydrogen) atoms. The van der Waals surface area contributed by atoms with Crippen LogP contribution in [-0.2, 0) is 13.0 Å². The molecule has 0 unspecified atom stereocenters. The van der Waals surface area contributed by atoms with Crippen molar-refractivity contribution in [2.24, 2.45) is 0 Å². The number of imidazole rings is 1. The van der Waals surface area contributed by atoms with Gasteiger partial charge in [-0.05, 0) is 12.1 Å². The van der Waals surface area contributed by atoms with Crippen LogP contribution in [0.1, 0.15) is 12.7 Å². The number of fused-ring (bicyclic) bond motifs is 1. The Morgan fingerprint density at radius 2 is 1.69 bits per heavy atom. The summed E-state index contributed by atoms with van der Waals surface area (Å²) in [6, 6.07) is 13.2. The van der Waals surface area contributed by atoms with Crippen LogP contribution >= 0.6 is 0 Å². The van der Waals surface area contributed by atoms with E-state index in [9.17, 15) is 5.11 Å². The predicted molar refractivity (Wildman–Crippen MR) is 100 cm³/mol. The van der Waals surface area contributed by atoms with Crippen molar-refractivity contribution < 1.29 is 19.3 Å². The molecule has 0 saturated carbocycles. The van der Waals surface area contributed by atoms with E-state index in [-0.39, 0.29) is 6.61 Å². The molecular formula is C20H24N2O4. The minimum absolute atomic E-state index is 0.159. The fourth-order valence-corrected chi connectivity index (χ4v) is 2.92. The minimum atomic E-state index is -0.671. The van der Waals surface area contributed by atoms with Gasteiger partial charge in [0, 0.05) is 24.6 Å². The summed E-state index contributed by atoms with van der Waals surface area (Å²) >= 11 is 0. The molecule has 2 aromatic carbocycles. The lowest BCUT2D eigenvalue weighted by Crippen LogP contribution is -2.24. The van der Waals surface area contributed by atoms with E-state index in [2.05, 4.69) is 16.5 Å². The zero-order valence-electron chi connectivity index (χ0n) is 15.3. The van der Waals surface area contributed by atoms with Crippen LogP contribution in [0.15, 0.2) is 42.5 Å². The highest BCUT2D eigenvalue weighted by atomic mass is 16.5. The molecule has 6 nitrogen and oxygen atoms in total. The van der Waals surface area contributed by atoms with Crippen molar-refractivity contribution in [1.82, 2.24) is 9.55 Å². The van der Waals surface area contributed by atoms with Crippen molar-refractivity contribution in [3.8, 4) is 17.2 Å². The Balaban J connectivity index is 1.71. The first-order chi connectivity index (χ1) is 12.6. The van der Waals surface area contributed by atoms with E-state index in [0.717, 1.165) is 23.3 Å². The zero-order valence-corrected chi connectivity index (χ0v) is 15.3. The Morgan fingerprint density at radius 1 is 1.04 bits per heavy atom. The van der Waals surface area contributed by atoms with Gasteiger partial charge in [-0.25, -0.2) is 4.98 Å². The summed E-state index contributed by atoms with van der Waals surface area (Å²) in [6.07, 6.45) is 0.130. The van der Waals surface area contributed by atoms with Crippen molar-refractivity contribution in [3.05, 3.63) is 48.3 Å². The third kappa shape index (κ3) is 3.91. The second kappa shape index (κ2) is 8.10. The van der Waals surface area contributed by atoms with Gasteiger partial charge in [-0.15, -0.1) is 0 Å². The molecule has 1 N–H and O–H groups in total. The molecule has 3 aromatic rings. The van der Waals surface area contributed by atoms with Crippen molar-refractivity contribution in [2.75, 3.05) is 20.8 Å². The third-order valence-corrected chi connectivity index (χ3v) is 4.21. The van der Waals surface area contributed by atoms with Crippen LogP contribution in [0.5, 0.6) is 17.2 Å². The third-order valence-electron chi connectivity index (χ3n) is 4.21. The van der Waals surface area contributed by atoms with Crippen molar-refractivity contribution >= 4 is 11.0 Å². The number of aliphatic hydroxyl groups is 1. The number of ether oxygens (including phenoxy) is 3. The predicted octanol–water partition coefficient (Wildman–Crippen LogP) is 3.06. The normalized spacial score (nSPS) is 12.2. The van der Waals surface area contributed by atoms with E-state index < -0.39 is 6.10 Å². The molecule has 138 valence electrons. The van der Waals surface area contributed by atoms with Gasteiger partial charge < -0.3 is 23.9 Å². The first-order valence-electron chi connectivity index (χ1n) is 8.62. The smallest absolute Gasteiger partial charge is 0.126 e. The highest BCUT2D eigenvalue weighted by molar-refractivity contribution is 5.75. The van der Waals surface area contributed by atoms with Gasteiger partial charge >= 0.3 is 0 Å². The van der Waals surface area contributed by atoms with Crippen molar-refractivity contribution in [2.45, 2.75) is 26.0 Å². The van der Waals surface area contributed by atoms with E-state index in [1.54, 1.807) is 32.4 Å². The molecule has 3 rings (SSSR count). The van der Waals surface area contributed by atoms with Gasteiger partial charge in [0.2, 0.25) is 0 Å². The second-order valence-electron chi connectivity index (χ2n) is 5.99. The Hall–Kier alpha value is -2.73. The van der Waals surface area contributed by atoms with Crippen LogP contribution < -0.4 is 14.2 Å². The molecule has 1 atom stereocenters. The Kier molecular flexibility index (Phi) is 5.63. The van der Waals surface area contributed by atoms with Crippen LogP contribution in [0.3, 0.4) is 0 Å². The summed E-state index contributed by atoms with van der Waals surface area (Å²) in [5.41, 5.74) is 1.96. The first-order valence-corrected chi connectivity index (χ1v) is 8.62. The topological polar surface area (TPSA) is 65.7 Å². The highest BCUT2D eigenvalue weighted by Gasteiger charge is 2.14. The molecule has 1 aromatic heterocycles. The Bertz CT molecular complexity index is 853. The summed E-state index contributed by atoms with van der Waals surface area (Å²) < 4.78 is 18.3. The number of rotatable bonds is 8. The summed E-state index contributed by atoms with van der Waals surface area (Å²) in [4.78, 5) is 4.63. The van der Waals surface area contributed by atoms with E-state index in [0.29, 0.717) is 23.8 Å². The molecule has 0 radical (unpaired) electrons. The monoisotopic (exact) mass is 356 g/mol. The number of hydrogen-bond acceptors (Lipinski definition) is 5. The quantitative estimate of drug-likeness (QED) is 0.672. The van der Waals surface area contributed by atoms with Gasteiger partial charge in [0.05, 0.1) is 31.8 Å². The van der Waals surface area contributed by atoms with Gasteiger partial charge in [0.25, 0.3) is 0 Å². The lowest BCUT2D eigenvalue weighted by atomic mass is 10.3. The molecule has 1 heterocycles. The molecule has 0 amide bonds. The van der Waals surface area contributed by atoms with E-state index in [4.69, 9.17) is 14.2 Å². The number of aliphatic hydroxyl groups excluding tert-OH is 1. The maximum Gasteiger partial charge on any atom is 0.126 e. The second-order valence-corrected chi connectivity index (χ2v) is 5.99. The molecule has 0 fully saturated rings. The standard InChI is InChI=1S/C20H24N2O4/c1-4-20-21-18-7-5-6-8-19(18)22(20)12-14(23)13-26-17-10-15(24-2)9-16(11-17)25-3/h5-11,14,23H,4,12-13H2,1-3H3/t14-/m0/s1. The number of methoxy groups -OCH3 is 2. The average Bonchev–Trinajstić information content (AvgIpc) is 3.03. The Labute approximate surface area is 152 Å². The van der Waals surface area contributed by atoms with E-state index in [1.807, 2.05) is 24.3 Å². The maximum atomic E-state index is 10.5. The van der Waals surface area contributed by atoms with E-state index in [1.165, 1.54) is 0 Å². The summed E-state index contributed by atoms with van der Waals surface area (Å²) in [6.45, 7) is 2.64. The fraction of sp³-hybridized carbons (Fsp3) is 0.350. The van der Waals surface area contributed by atoms with Gasteiger partial charge in [-0.3, -0.25) is 0 Å². The number of hydrogen-bond donors (Lipinski definition) is 1. The molecule has 0 aliphatic carbocycles. The number of benzene rings is 2. The number of aromatic nitrogens is 2. The molecule has 0 spiro atoms. The first kappa shape index (κ1) is 18.1. The van der Waals surface area contributed by atoms with Crippen LogP contribution in [-0.4, -0.2) is 41.6 Å². The lowest BCUT2D eigenvalue weighted by Gasteiger charge is -2.16. The van der Waals surface area contributed by atoms with Crippen LogP contribution in [0.25, 0.3) is 11.0 Å². The molecule has 0 saturated heterocycles. The van der Waals surface area contributed by atoms with Crippen molar-refractivity contribution in [3.63, 3.8) is 0 Å². The molecular weight excluding hydrogens is 332 g/mol. The average molecular weight is 356 g/mol. The van der Waals surface area contributed by atoms with Gasteiger partial charge in [-0.2, -0.15) is 0 Å². The van der Waals surface area contributed by atoms with Gasteiger partial charge in [0.15, 0.2) is 0 Å². The van der Waals surface area contributed by atoms with E-state index >= 15 is 0 Å². The maximum absolute atomic E-state index is 10.5. The van der Waals surface area contributed by atoms with Gasteiger partial charge in [0.1, 0.15) is 35.8 Å². The number of para-hydroxylation sites is 2. The zero-order chi connectivity index (χ0) is 18.5. The molecule has 0 aliphatic heterocycles. The SMILES string of the molecule is CCc1nc2ccccc2n1C[C@H](O)COc1cc(OC)cc(OC)c1. The summed E-state index contributed by atoms with van der Waals surface area (Å²) in [7, 11) is 3.17. The molecule has 0 bridgehead atoms. The number of nitrogens with zero attached hydrogens (tertiary/aromatic N) is 2. The minimum Gasteiger partial charge on any atom is -0.496 e. The Morgan fingerprint density at radius 3 is 2.35 bits per heavy atom. The van der Waals surface area contributed by atoms with Crippen LogP contribution in [0.4, 0.5) is 0 Å². The fourth-order valence-electron chi connectivity index (χ4n) is 2.92. The summed E-state index contributed by atoms with van der Waals surface area (Å²) in [5.74, 6) is 2.82. The van der Waals surface area contributed by atoms with Crippen LogP contribution in [0.2, 0.25) is 0 Å². The molecule has 0 aliphatic rings.